The van der Waals surface area contributed by atoms with Crippen molar-refractivity contribution in [3.63, 3.8) is 0 Å². The van der Waals surface area contributed by atoms with Gasteiger partial charge in [0.05, 0.1) is 0 Å². The van der Waals surface area contributed by atoms with Crippen LogP contribution < -0.4 is 32.3 Å². The minimum Gasteiger partial charge on any atom is -0.330 e. The normalized spacial score (nSPS) is 31.1. The molecule has 176 valence electrons. The topological polar surface area (TPSA) is 86.2 Å². The first-order chi connectivity index (χ1) is 13.8. The summed E-state index contributed by atoms with van der Waals surface area (Å²) in [6.45, 7) is 26.7. The highest BCUT2D eigenvalue weighted by molar-refractivity contribution is 4.83. The molecular weight excluding hydrogens is 360 g/mol. The minimum absolute atomic E-state index is 0.219. The van der Waals surface area contributed by atoms with Gasteiger partial charge in [0.25, 0.3) is 0 Å². The molecule has 1 saturated heterocycles. The van der Waals surface area contributed by atoms with Gasteiger partial charge in [0.1, 0.15) is 0 Å². The van der Waals surface area contributed by atoms with Crippen molar-refractivity contribution in [3.8, 4) is 0 Å². The van der Waals surface area contributed by atoms with Crippen molar-refractivity contribution in [2.45, 2.75) is 48.5 Å². The van der Waals surface area contributed by atoms with E-state index in [1.807, 2.05) is 13.8 Å². The molecule has 0 bridgehead atoms. The molecule has 7 N–H and O–H groups in total. The average Bonchev–Trinajstić information content (AvgIpc) is 2.67. The quantitative estimate of drug-likeness (QED) is 0.409. The van der Waals surface area contributed by atoms with Gasteiger partial charge < -0.3 is 32.3 Å². The molecule has 1 aliphatic heterocycles. The molecule has 0 aromatic rings. The van der Waals surface area contributed by atoms with Crippen molar-refractivity contribution in [1.82, 2.24) is 26.6 Å². The molecule has 0 spiro atoms. The zero-order chi connectivity index (χ0) is 22.1. The summed E-state index contributed by atoms with van der Waals surface area (Å²) in [6.07, 6.45) is 0. The van der Waals surface area contributed by atoms with E-state index in [1.54, 1.807) is 0 Å². The van der Waals surface area contributed by atoms with E-state index in [-0.39, 0.29) is 5.41 Å². The van der Waals surface area contributed by atoms with Gasteiger partial charge >= 0.3 is 0 Å². The average molecular weight is 415 g/mol. The molecule has 1 fully saturated rings. The molecule has 29 heavy (non-hydrogen) atoms. The fraction of sp³-hybridized carbons (Fsp3) is 1.00. The zero-order valence-electron chi connectivity index (χ0n) is 20.7. The van der Waals surface area contributed by atoms with Gasteiger partial charge in [-0.1, -0.05) is 48.5 Å². The van der Waals surface area contributed by atoms with Gasteiger partial charge in [-0.15, -0.1) is 0 Å². The zero-order valence-corrected chi connectivity index (χ0v) is 20.7. The highest BCUT2D eigenvalue weighted by atomic mass is 15.0. The van der Waals surface area contributed by atoms with E-state index in [0.29, 0.717) is 23.7 Å². The Morgan fingerprint density at radius 2 is 1.31 bits per heavy atom. The summed E-state index contributed by atoms with van der Waals surface area (Å²) in [6, 6.07) is 0. The maximum Gasteiger partial charge on any atom is 0.00490 e. The van der Waals surface area contributed by atoms with Crippen molar-refractivity contribution in [3.05, 3.63) is 0 Å². The molecule has 0 aromatic carbocycles. The van der Waals surface area contributed by atoms with Crippen LogP contribution in [0.1, 0.15) is 48.5 Å². The van der Waals surface area contributed by atoms with Crippen LogP contribution in [0.25, 0.3) is 0 Å². The van der Waals surface area contributed by atoms with E-state index in [0.717, 1.165) is 72.0 Å². The molecule has 2 atom stereocenters. The summed E-state index contributed by atoms with van der Waals surface area (Å²) in [5, 5.41) is 18.3. The summed E-state index contributed by atoms with van der Waals surface area (Å²) < 4.78 is 0. The molecular formula is C23H54N6. The molecule has 0 aliphatic carbocycles. The van der Waals surface area contributed by atoms with Crippen LogP contribution in [0, 0.1) is 29.1 Å². The van der Waals surface area contributed by atoms with Gasteiger partial charge in [-0.3, -0.25) is 0 Å². The number of rotatable bonds is 5. The smallest absolute Gasteiger partial charge is 0.00490 e. The van der Waals surface area contributed by atoms with E-state index >= 15 is 0 Å². The van der Waals surface area contributed by atoms with Crippen molar-refractivity contribution in [1.29, 1.82) is 0 Å². The van der Waals surface area contributed by atoms with Gasteiger partial charge in [0.2, 0.25) is 0 Å². The predicted octanol–water partition coefficient (Wildman–Crippen LogP) is 1.48. The van der Waals surface area contributed by atoms with Crippen molar-refractivity contribution in [2.24, 2.45) is 34.8 Å². The van der Waals surface area contributed by atoms with E-state index in [2.05, 4.69) is 61.2 Å². The Labute approximate surface area is 182 Å². The van der Waals surface area contributed by atoms with Crippen LogP contribution >= 0.6 is 0 Å². The summed E-state index contributed by atoms with van der Waals surface area (Å²) >= 11 is 0. The fourth-order valence-corrected chi connectivity index (χ4v) is 3.54. The standard InChI is InChI=1S/C21H48N6.C2H6/c1-17(2)7-25-14-21(5)15-26-10-18(3)8-23-12-20(6-22)13-24-9-19(4)11-27-16-21;1-2/h17-20,23-27H,6-16,22H2,1-5H3;1-2H3. The maximum atomic E-state index is 5.93. The molecule has 1 aliphatic rings. The second-order valence-corrected chi connectivity index (χ2v) is 9.73. The Kier molecular flexibility index (Phi) is 17.3. The summed E-state index contributed by atoms with van der Waals surface area (Å²) in [4.78, 5) is 0. The monoisotopic (exact) mass is 414 g/mol. The second-order valence-electron chi connectivity index (χ2n) is 9.73. The lowest BCUT2D eigenvalue weighted by Gasteiger charge is -2.32. The Hall–Kier alpha value is -0.240. The Bertz CT molecular complexity index is 341. The molecule has 2 unspecified atom stereocenters. The first kappa shape index (κ1) is 28.8. The largest absolute Gasteiger partial charge is 0.330 e. The third kappa shape index (κ3) is 15.2. The van der Waals surface area contributed by atoms with E-state index in [9.17, 15) is 0 Å². The van der Waals surface area contributed by atoms with E-state index < -0.39 is 0 Å². The van der Waals surface area contributed by atoms with Crippen LogP contribution in [0.3, 0.4) is 0 Å². The molecule has 6 nitrogen and oxygen atoms in total. The molecule has 0 radical (unpaired) electrons. The number of nitrogens with two attached hydrogens (primary N) is 1. The fourth-order valence-electron chi connectivity index (χ4n) is 3.54. The van der Waals surface area contributed by atoms with Gasteiger partial charge in [0, 0.05) is 38.1 Å². The third-order valence-electron chi connectivity index (χ3n) is 5.38. The molecule has 0 aromatic heterocycles. The SMILES string of the molecule is CC.CC(C)CNCC1(C)CNCC(C)CNCC(CN)CNCC(C)CNC1. The van der Waals surface area contributed by atoms with Gasteiger partial charge in [-0.05, 0) is 62.9 Å². The lowest BCUT2D eigenvalue weighted by molar-refractivity contribution is 0.257. The third-order valence-corrected chi connectivity index (χ3v) is 5.38. The maximum absolute atomic E-state index is 5.93. The number of nitrogens with one attached hydrogen (secondary N) is 5. The number of hydrogen-bond acceptors (Lipinski definition) is 6. The van der Waals surface area contributed by atoms with Crippen LogP contribution in [0.4, 0.5) is 0 Å². The highest BCUT2D eigenvalue weighted by Crippen LogP contribution is 2.13. The summed E-state index contributed by atoms with van der Waals surface area (Å²) in [5.74, 6) is 2.43. The van der Waals surface area contributed by atoms with Gasteiger partial charge in [-0.2, -0.15) is 0 Å². The van der Waals surface area contributed by atoms with Crippen LogP contribution in [-0.4, -0.2) is 72.0 Å². The molecule has 1 heterocycles. The predicted molar refractivity (Wildman–Crippen MR) is 130 cm³/mol. The first-order valence-corrected chi connectivity index (χ1v) is 12.1. The highest BCUT2D eigenvalue weighted by Gasteiger charge is 2.24. The van der Waals surface area contributed by atoms with E-state index in [4.69, 9.17) is 5.73 Å². The Balaban J connectivity index is 0.00000379. The lowest BCUT2D eigenvalue weighted by Crippen LogP contribution is -2.49. The van der Waals surface area contributed by atoms with Crippen molar-refractivity contribution < 1.29 is 0 Å². The van der Waals surface area contributed by atoms with Gasteiger partial charge in [0.15, 0.2) is 0 Å². The molecule has 1 rings (SSSR count). The Morgan fingerprint density at radius 1 is 0.862 bits per heavy atom. The summed E-state index contributed by atoms with van der Waals surface area (Å²) in [7, 11) is 0. The first-order valence-electron chi connectivity index (χ1n) is 12.1. The Morgan fingerprint density at radius 3 is 1.72 bits per heavy atom. The van der Waals surface area contributed by atoms with Gasteiger partial charge in [-0.25, -0.2) is 0 Å². The van der Waals surface area contributed by atoms with Crippen LogP contribution in [-0.2, 0) is 0 Å². The minimum atomic E-state index is 0.219. The van der Waals surface area contributed by atoms with Crippen LogP contribution in [0.2, 0.25) is 0 Å². The molecule has 0 amide bonds. The second kappa shape index (κ2) is 17.4. The van der Waals surface area contributed by atoms with Crippen LogP contribution in [0.15, 0.2) is 0 Å². The van der Waals surface area contributed by atoms with Crippen molar-refractivity contribution in [2.75, 3.05) is 72.0 Å². The van der Waals surface area contributed by atoms with Crippen molar-refractivity contribution >= 4 is 0 Å². The summed E-state index contributed by atoms with van der Waals surface area (Å²) in [5.41, 5.74) is 6.15. The van der Waals surface area contributed by atoms with Crippen LogP contribution in [0.5, 0.6) is 0 Å². The number of hydrogen-bond donors (Lipinski definition) is 6. The lowest BCUT2D eigenvalue weighted by atomic mass is 9.89. The molecule has 6 heteroatoms. The molecule has 0 saturated carbocycles. The van der Waals surface area contributed by atoms with E-state index in [1.165, 1.54) is 0 Å².